The zero-order chi connectivity index (χ0) is 25.6. The van der Waals surface area contributed by atoms with Gasteiger partial charge in [-0.05, 0) is 26.2 Å². The van der Waals surface area contributed by atoms with Crippen LogP contribution in [0, 0.1) is 5.92 Å². The van der Waals surface area contributed by atoms with Crippen molar-refractivity contribution in [2.45, 2.75) is 94.3 Å². The van der Waals surface area contributed by atoms with Crippen LogP contribution in [-0.4, -0.2) is 142 Å². The largest absolute Gasteiger partial charge is 1.00 e. The highest BCUT2D eigenvalue weighted by Gasteiger charge is 2.49. The molecule has 0 radical (unpaired) electrons. The summed E-state index contributed by atoms with van der Waals surface area (Å²) in [6.45, 7) is 3.48. The first-order chi connectivity index (χ1) is 15.9. The van der Waals surface area contributed by atoms with Crippen molar-refractivity contribution >= 4 is 0 Å². The molecule has 11 atom stereocenters. The van der Waals surface area contributed by atoms with Crippen LogP contribution in [0.25, 0.3) is 0 Å². The smallest absolute Gasteiger partial charge is 0.187 e. The second-order valence-electron chi connectivity index (χ2n) is 10.1. The maximum absolute atomic E-state index is 10.6. The van der Waals surface area contributed by atoms with E-state index in [1.807, 2.05) is 0 Å². The maximum Gasteiger partial charge on any atom is 0.187 e. The molecule has 210 valence electrons. The highest BCUT2D eigenvalue weighted by Crippen LogP contribution is 2.31. The summed E-state index contributed by atoms with van der Waals surface area (Å²) in [4.78, 5) is 0. The van der Waals surface area contributed by atoms with E-state index in [0.29, 0.717) is 25.9 Å². The van der Waals surface area contributed by atoms with Crippen LogP contribution < -0.4 is 12.4 Å². The molecule has 2 saturated heterocycles. The molecule has 0 bridgehead atoms. The molecule has 13 heteroatoms. The molecular weight excluding hydrogens is 490 g/mol. The second-order valence-corrected chi connectivity index (χ2v) is 10.1. The highest BCUT2D eigenvalue weighted by atomic mass is 35.5. The predicted octanol–water partition coefficient (Wildman–Crippen LogP) is -5.03. The van der Waals surface area contributed by atoms with Crippen LogP contribution in [0.2, 0.25) is 0 Å². The summed E-state index contributed by atoms with van der Waals surface area (Å²) >= 11 is 0. The first kappa shape index (κ1) is 32.8. The SMILES string of the molecule is CC1OC(COCCCCC(O)C[N+](C)(C)O)C(OC2OC(CO)C(C)C(O)C2O)C(O)C1O.[Cl-]. The predicted molar refractivity (Wildman–Crippen MR) is 118 cm³/mol. The van der Waals surface area contributed by atoms with E-state index < -0.39 is 67.1 Å². The van der Waals surface area contributed by atoms with Gasteiger partial charge < -0.3 is 62.0 Å². The molecule has 0 spiro atoms. The monoisotopic (exact) mass is 533 g/mol. The van der Waals surface area contributed by atoms with E-state index in [2.05, 4.69) is 0 Å². The molecule has 0 aromatic carbocycles. The molecule has 0 amide bonds. The van der Waals surface area contributed by atoms with Crippen LogP contribution in [0.4, 0.5) is 0 Å². The molecule has 2 aliphatic heterocycles. The summed E-state index contributed by atoms with van der Waals surface area (Å²) in [5.74, 6) is -0.530. The summed E-state index contributed by atoms with van der Waals surface area (Å²) < 4.78 is 22.5. The summed E-state index contributed by atoms with van der Waals surface area (Å²) in [7, 11) is 3.17. The minimum atomic E-state index is -1.42. The fourth-order valence-corrected chi connectivity index (χ4v) is 4.36. The molecule has 2 aliphatic rings. The average Bonchev–Trinajstić information content (AvgIpc) is 2.75. The van der Waals surface area contributed by atoms with Crippen molar-refractivity contribution in [3.8, 4) is 0 Å². The number of hydrogen-bond acceptors (Lipinski definition) is 11. The first-order valence-electron chi connectivity index (χ1n) is 12.0. The summed E-state index contributed by atoms with van der Waals surface area (Å²) in [6, 6.07) is 0. The molecule has 35 heavy (non-hydrogen) atoms. The maximum atomic E-state index is 10.6. The van der Waals surface area contributed by atoms with E-state index in [9.17, 15) is 35.8 Å². The standard InChI is InChI=1S/C22H44NO11.ClH/c1-12-15(10-24)33-22(20(29)17(12)26)34-21-16(32-13(2)18(27)19(21)28)11-31-8-6-5-7-14(25)9-23(3,4)30;/h12-22,24-30H,5-11H2,1-4H3;1H/q+1;/p-1. The number of nitrogens with zero attached hydrogens (tertiary/aromatic N) is 1. The van der Waals surface area contributed by atoms with E-state index in [1.54, 1.807) is 27.9 Å². The third kappa shape index (κ3) is 9.56. The van der Waals surface area contributed by atoms with Gasteiger partial charge in [-0.3, -0.25) is 0 Å². The Bertz CT molecular complexity index is 596. The Hall–Kier alpha value is -0.190. The number of hydroxylamine groups is 3. The van der Waals surface area contributed by atoms with Crippen LogP contribution >= 0.6 is 0 Å². The van der Waals surface area contributed by atoms with E-state index >= 15 is 0 Å². The Morgan fingerprint density at radius 1 is 0.914 bits per heavy atom. The van der Waals surface area contributed by atoms with Gasteiger partial charge in [0.1, 0.15) is 43.2 Å². The summed E-state index contributed by atoms with van der Waals surface area (Å²) in [5.41, 5.74) is 0. The molecule has 7 N–H and O–H groups in total. The topological polar surface area (TPSA) is 179 Å². The van der Waals surface area contributed by atoms with Crippen LogP contribution in [-0.2, 0) is 18.9 Å². The number of aliphatic hydroxyl groups is 6. The lowest BCUT2D eigenvalue weighted by atomic mass is 9.90. The molecular formula is C22H44ClNO11. The first-order valence-corrected chi connectivity index (χ1v) is 12.0. The molecule has 0 aliphatic carbocycles. The molecule has 2 heterocycles. The van der Waals surface area contributed by atoms with Gasteiger partial charge in [0.05, 0.1) is 45.6 Å². The number of rotatable bonds is 12. The van der Waals surface area contributed by atoms with E-state index in [4.69, 9.17) is 18.9 Å². The molecule has 12 nitrogen and oxygen atoms in total. The van der Waals surface area contributed by atoms with Crippen molar-refractivity contribution in [2.24, 2.45) is 5.92 Å². The number of unbranched alkanes of at least 4 members (excludes halogenated alkanes) is 1. The molecule has 2 fully saturated rings. The Kier molecular flexibility index (Phi) is 13.8. The van der Waals surface area contributed by atoms with Gasteiger partial charge in [-0.1, -0.05) is 6.92 Å². The fourth-order valence-electron chi connectivity index (χ4n) is 4.36. The Labute approximate surface area is 212 Å². The molecule has 0 aromatic heterocycles. The van der Waals surface area contributed by atoms with E-state index in [-0.39, 0.29) is 36.8 Å². The quantitative estimate of drug-likeness (QED) is 0.0725. The molecule has 0 aromatic rings. The third-order valence-corrected chi connectivity index (χ3v) is 6.47. The van der Waals surface area contributed by atoms with Gasteiger partial charge in [0.25, 0.3) is 0 Å². The lowest BCUT2D eigenvalue weighted by molar-refractivity contribution is -1.07. The molecule has 11 unspecified atom stereocenters. The lowest BCUT2D eigenvalue weighted by Crippen LogP contribution is -3.00. The van der Waals surface area contributed by atoms with Crippen molar-refractivity contribution in [3.05, 3.63) is 0 Å². The van der Waals surface area contributed by atoms with Gasteiger partial charge in [-0.2, -0.15) is 4.65 Å². The van der Waals surface area contributed by atoms with Crippen LogP contribution in [0.1, 0.15) is 33.1 Å². The normalized spacial score (nSPS) is 39.2. The van der Waals surface area contributed by atoms with Gasteiger partial charge in [-0.15, -0.1) is 0 Å². The van der Waals surface area contributed by atoms with Crippen LogP contribution in [0.15, 0.2) is 0 Å². The Morgan fingerprint density at radius 2 is 1.57 bits per heavy atom. The van der Waals surface area contributed by atoms with Gasteiger partial charge >= 0.3 is 0 Å². The van der Waals surface area contributed by atoms with Crippen LogP contribution in [0.5, 0.6) is 0 Å². The fraction of sp³-hybridized carbons (Fsp3) is 1.00. The van der Waals surface area contributed by atoms with Crippen molar-refractivity contribution in [1.82, 2.24) is 0 Å². The Balaban J connectivity index is 0.00000612. The second kappa shape index (κ2) is 14.7. The highest BCUT2D eigenvalue weighted by molar-refractivity contribution is 4.94. The van der Waals surface area contributed by atoms with Gasteiger partial charge in [0.15, 0.2) is 6.29 Å². The number of ether oxygens (including phenoxy) is 4. The minimum Gasteiger partial charge on any atom is -1.00 e. The number of aliphatic hydroxyl groups excluding tert-OH is 6. The van der Waals surface area contributed by atoms with Crippen molar-refractivity contribution in [2.75, 3.05) is 40.5 Å². The summed E-state index contributed by atoms with van der Waals surface area (Å²) in [6.07, 6.45) is -8.69. The van der Waals surface area contributed by atoms with Gasteiger partial charge in [0, 0.05) is 12.5 Å². The average molecular weight is 534 g/mol. The third-order valence-electron chi connectivity index (χ3n) is 6.47. The van der Waals surface area contributed by atoms with Crippen LogP contribution in [0.3, 0.4) is 0 Å². The van der Waals surface area contributed by atoms with E-state index in [1.165, 1.54) is 0 Å². The van der Waals surface area contributed by atoms with Gasteiger partial charge in [0.2, 0.25) is 0 Å². The van der Waals surface area contributed by atoms with Crippen molar-refractivity contribution < 1.29 is 71.8 Å². The lowest BCUT2D eigenvalue weighted by Gasteiger charge is -2.46. The van der Waals surface area contributed by atoms with Gasteiger partial charge in [-0.25, -0.2) is 5.21 Å². The zero-order valence-electron chi connectivity index (χ0n) is 20.9. The number of quaternary nitrogens is 1. The minimum absolute atomic E-state index is 0. The van der Waals surface area contributed by atoms with Crippen molar-refractivity contribution in [3.63, 3.8) is 0 Å². The zero-order valence-corrected chi connectivity index (χ0v) is 21.6. The Morgan fingerprint density at radius 3 is 2.17 bits per heavy atom. The summed E-state index contributed by atoms with van der Waals surface area (Å²) in [5, 5.41) is 70.7. The molecule has 2 rings (SSSR count). The van der Waals surface area contributed by atoms with Crippen molar-refractivity contribution in [1.29, 1.82) is 0 Å². The number of hydrogen-bond donors (Lipinski definition) is 7. The van der Waals surface area contributed by atoms with E-state index in [0.717, 1.165) is 0 Å². The number of halogens is 1. The number of likely N-dealkylation sites (N-methyl/N-ethyl adjacent to an activating group) is 1. The molecule has 0 saturated carbocycles.